The highest BCUT2D eigenvalue weighted by atomic mass is 16.1. The highest BCUT2D eigenvalue weighted by Crippen LogP contribution is 2.24. The lowest BCUT2D eigenvalue weighted by Gasteiger charge is -2.18. The number of nitrogens with one attached hydrogen (secondary N) is 1. The van der Waals surface area contributed by atoms with Gasteiger partial charge in [-0.05, 0) is 51.8 Å². The molecule has 0 aliphatic heterocycles. The number of nitrogens with zero attached hydrogens (tertiary/aromatic N) is 3. The Balaban J connectivity index is 1.99. The van der Waals surface area contributed by atoms with E-state index in [9.17, 15) is 4.79 Å². The zero-order valence-corrected chi connectivity index (χ0v) is 15.6. The number of hydrogen-bond acceptors (Lipinski definition) is 3. The SMILES string of the molecule is Cc1ccc(C)c(C(C)NC(=O)c2cc(C)nc3c2c(C)nn3C)c1. The largest absolute Gasteiger partial charge is 0.345 e. The molecule has 3 rings (SSSR count). The second-order valence-electron chi connectivity index (χ2n) is 6.77. The number of carbonyl (C=O) groups excluding carboxylic acids is 1. The minimum Gasteiger partial charge on any atom is -0.345 e. The Bertz CT molecular complexity index is 971. The third-order valence-electron chi connectivity index (χ3n) is 4.59. The smallest absolute Gasteiger partial charge is 0.252 e. The fraction of sp³-hybridized carbons (Fsp3) is 0.350. The van der Waals surface area contributed by atoms with E-state index in [0.717, 1.165) is 28.0 Å². The standard InChI is InChI=1S/C20H24N4O/c1-11-7-8-12(2)16(9-11)14(4)22-20(25)17-10-13(3)21-19-18(17)15(5)23-24(19)6/h7-10,14H,1-6H3,(H,22,25). The predicted molar refractivity (Wildman–Crippen MR) is 99.8 cm³/mol. The Morgan fingerprint density at radius 2 is 1.88 bits per heavy atom. The Kier molecular flexibility index (Phi) is 4.33. The van der Waals surface area contributed by atoms with Crippen LogP contribution in [-0.2, 0) is 7.05 Å². The number of carbonyl (C=O) groups is 1. The Morgan fingerprint density at radius 1 is 1.16 bits per heavy atom. The van der Waals surface area contributed by atoms with Crippen molar-refractivity contribution in [2.75, 3.05) is 0 Å². The van der Waals surface area contributed by atoms with E-state index in [-0.39, 0.29) is 11.9 Å². The van der Waals surface area contributed by atoms with E-state index in [1.807, 2.05) is 33.9 Å². The van der Waals surface area contributed by atoms with Crippen LogP contribution in [0, 0.1) is 27.7 Å². The van der Waals surface area contributed by atoms with E-state index >= 15 is 0 Å². The molecule has 0 saturated heterocycles. The fourth-order valence-corrected chi connectivity index (χ4v) is 3.33. The van der Waals surface area contributed by atoms with E-state index in [4.69, 9.17) is 0 Å². The number of fused-ring (bicyclic) bond motifs is 1. The van der Waals surface area contributed by atoms with Crippen LogP contribution in [0.25, 0.3) is 11.0 Å². The summed E-state index contributed by atoms with van der Waals surface area (Å²) in [7, 11) is 1.85. The second-order valence-corrected chi connectivity index (χ2v) is 6.77. The summed E-state index contributed by atoms with van der Waals surface area (Å²) in [6, 6.07) is 8.06. The summed E-state index contributed by atoms with van der Waals surface area (Å²) in [5.74, 6) is -0.0972. The average molecular weight is 336 g/mol. The molecule has 1 atom stereocenters. The van der Waals surface area contributed by atoms with Gasteiger partial charge in [-0.15, -0.1) is 0 Å². The lowest BCUT2D eigenvalue weighted by Crippen LogP contribution is -2.27. The van der Waals surface area contributed by atoms with E-state index in [2.05, 4.69) is 47.4 Å². The number of pyridine rings is 1. The average Bonchev–Trinajstić information content (AvgIpc) is 2.83. The molecule has 0 radical (unpaired) electrons. The lowest BCUT2D eigenvalue weighted by atomic mass is 9.99. The Labute approximate surface area is 148 Å². The molecule has 0 saturated carbocycles. The summed E-state index contributed by atoms with van der Waals surface area (Å²) in [5.41, 5.74) is 6.49. The van der Waals surface area contributed by atoms with Crippen molar-refractivity contribution >= 4 is 16.9 Å². The van der Waals surface area contributed by atoms with Crippen molar-refractivity contribution in [3.63, 3.8) is 0 Å². The van der Waals surface area contributed by atoms with Crippen molar-refractivity contribution < 1.29 is 4.79 Å². The van der Waals surface area contributed by atoms with Gasteiger partial charge in [0, 0.05) is 12.7 Å². The Morgan fingerprint density at radius 3 is 2.60 bits per heavy atom. The lowest BCUT2D eigenvalue weighted by molar-refractivity contribution is 0.0941. The van der Waals surface area contributed by atoms with Crippen molar-refractivity contribution in [2.45, 2.75) is 40.7 Å². The van der Waals surface area contributed by atoms with Crippen LogP contribution in [0.5, 0.6) is 0 Å². The zero-order chi connectivity index (χ0) is 18.3. The van der Waals surface area contributed by atoms with Crippen molar-refractivity contribution in [1.82, 2.24) is 20.1 Å². The van der Waals surface area contributed by atoms with Gasteiger partial charge in [0.1, 0.15) is 0 Å². The minimum absolute atomic E-state index is 0.0760. The quantitative estimate of drug-likeness (QED) is 0.793. The third kappa shape index (κ3) is 3.14. The van der Waals surface area contributed by atoms with E-state index < -0.39 is 0 Å². The van der Waals surface area contributed by atoms with Crippen LogP contribution >= 0.6 is 0 Å². The third-order valence-corrected chi connectivity index (χ3v) is 4.59. The van der Waals surface area contributed by atoms with Crippen molar-refractivity contribution in [2.24, 2.45) is 7.05 Å². The van der Waals surface area contributed by atoms with Crippen LogP contribution in [0.4, 0.5) is 0 Å². The molecule has 0 bridgehead atoms. The molecule has 130 valence electrons. The van der Waals surface area contributed by atoms with Gasteiger partial charge in [0.2, 0.25) is 0 Å². The molecule has 2 heterocycles. The topological polar surface area (TPSA) is 59.8 Å². The van der Waals surface area contributed by atoms with Gasteiger partial charge >= 0.3 is 0 Å². The molecular weight excluding hydrogens is 312 g/mol. The van der Waals surface area contributed by atoms with Crippen LogP contribution in [-0.4, -0.2) is 20.7 Å². The van der Waals surface area contributed by atoms with Gasteiger partial charge in [-0.2, -0.15) is 5.10 Å². The first-order valence-electron chi connectivity index (χ1n) is 8.47. The maximum absolute atomic E-state index is 13.0. The molecule has 1 unspecified atom stereocenters. The number of benzene rings is 1. The molecule has 1 N–H and O–H groups in total. The normalized spacial score (nSPS) is 12.4. The monoisotopic (exact) mass is 336 g/mol. The summed E-state index contributed by atoms with van der Waals surface area (Å²) in [6.45, 7) is 9.95. The van der Waals surface area contributed by atoms with Crippen LogP contribution < -0.4 is 5.32 Å². The first-order valence-corrected chi connectivity index (χ1v) is 8.47. The number of hydrogen-bond donors (Lipinski definition) is 1. The van der Waals surface area contributed by atoms with Crippen molar-refractivity contribution in [3.05, 3.63) is 57.9 Å². The molecule has 0 fully saturated rings. The van der Waals surface area contributed by atoms with Gasteiger partial charge in [0.25, 0.3) is 5.91 Å². The summed E-state index contributed by atoms with van der Waals surface area (Å²) in [5, 5.41) is 8.36. The predicted octanol–water partition coefficient (Wildman–Crippen LogP) is 3.69. The molecular formula is C20H24N4O. The molecule has 0 aliphatic rings. The van der Waals surface area contributed by atoms with Crippen LogP contribution in [0.1, 0.15) is 51.4 Å². The first-order chi connectivity index (χ1) is 11.8. The van der Waals surface area contributed by atoms with Crippen molar-refractivity contribution in [1.29, 1.82) is 0 Å². The maximum Gasteiger partial charge on any atom is 0.252 e. The van der Waals surface area contributed by atoms with Gasteiger partial charge in [0.05, 0.1) is 22.7 Å². The highest BCUT2D eigenvalue weighted by Gasteiger charge is 2.20. The molecule has 2 aromatic heterocycles. The molecule has 1 aromatic carbocycles. The van der Waals surface area contributed by atoms with Gasteiger partial charge in [-0.1, -0.05) is 23.8 Å². The van der Waals surface area contributed by atoms with Crippen LogP contribution in [0.15, 0.2) is 24.3 Å². The van der Waals surface area contributed by atoms with E-state index in [1.165, 1.54) is 11.1 Å². The summed E-state index contributed by atoms with van der Waals surface area (Å²) in [4.78, 5) is 17.5. The summed E-state index contributed by atoms with van der Waals surface area (Å²) >= 11 is 0. The second kappa shape index (κ2) is 6.31. The molecule has 5 nitrogen and oxygen atoms in total. The summed E-state index contributed by atoms with van der Waals surface area (Å²) < 4.78 is 1.72. The highest BCUT2D eigenvalue weighted by molar-refractivity contribution is 6.06. The Hall–Kier alpha value is -2.69. The molecule has 1 amide bonds. The van der Waals surface area contributed by atoms with Crippen LogP contribution in [0.2, 0.25) is 0 Å². The first kappa shape index (κ1) is 17.1. The minimum atomic E-state index is -0.0972. The van der Waals surface area contributed by atoms with E-state index in [1.54, 1.807) is 4.68 Å². The van der Waals surface area contributed by atoms with Gasteiger partial charge in [-0.3, -0.25) is 9.48 Å². The number of rotatable bonds is 3. The van der Waals surface area contributed by atoms with E-state index in [0.29, 0.717) is 5.56 Å². The van der Waals surface area contributed by atoms with Crippen LogP contribution in [0.3, 0.4) is 0 Å². The van der Waals surface area contributed by atoms with Gasteiger partial charge < -0.3 is 5.32 Å². The molecule has 0 aliphatic carbocycles. The number of aromatic nitrogens is 3. The maximum atomic E-state index is 13.0. The molecule has 0 spiro atoms. The van der Waals surface area contributed by atoms with Crippen molar-refractivity contribution in [3.8, 4) is 0 Å². The summed E-state index contributed by atoms with van der Waals surface area (Å²) in [6.07, 6.45) is 0. The number of amides is 1. The zero-order valence-electron chi connectivity index (χ0n) is 15.6. The molecule has 3 aromatic rings. The van der Waals surface area contributed by atoms with Gasteiger partial charge in [-0.25, -0.2) is 4.98 Å². The number of aryl methyl sites for hydroxylation is 5. The molecule has 5 heteroatoms. The van der Waals surface area contributed by atoms with Gasteiger partial charge in [0.15, 0.2) is 5.65 Å². The fourth-order valence-electron chi connectivity index (χ4n) is 3.33. The molecule has 25 heavy (non-hydrogen) atoms.